The van der Waals surface area contributed by atoms with Crippen LogP contribution in [0.25, 0.3) is 0 Å². The molecule has 0 aromatic carbocycles. The summed E-state index contributed by atoms with van der Waals surface area (Å²) >= 11 is 0. The van der Waals surface area contributed by atoms with Gasteiger partial charge in [-0.05, 0) is 17.8 Å². The van der Waals surface area contributed by atoms with Gasteiger partial charge >= 0.3 is 0 Å². The molecule has 0 heterocycles. The van der Waals surface area contributed by atoms with E-state index in [1.165, 1.54) is 51.4 Å². The molecular formula is C16H34. The molecule has 0 saturated carbocycles. The summed E-state index contributed by atoms with van der Waals surface area (Å²) in [5.41, 5.74) is 0. The highest BCUT2D eigenvalue weighted by Crippen LogP contribution is 2.24. The van der Waals surface area contributed by atoms with Crippen LogP contribution in [0.2, 0.25) is 0 Å². The number of unbranched alkanes of at least 4 members (excludes halogenated alkanes) is 3. The molecule has 0 fully saturated rings. The van der Waals surface area contributed by atoms with E-state index in [4.69, 9.17) is 0 Å². The maximum absolute atomic E-state index is 2.45. The summed E-state index contributed by atoms with van der Waals surface area (Å²) < 4.78 is 0. The molecule has 0 aliphatic carbocycles. The Hall–Kier alpha value is 0. The molecule has 0 saturated heterocycles. The van der Waals surface area contributed by atoms with Crippen molar-refractivity contribution in [3.8, 4) is 0 Å². The fraction of sp³-hybridized carbons (Fsp3) is 1.00. The summed E-state index contributed by atoms with van der Waals surface area (Å²) in [5, 5.41) is 0. The second-order valence-corrected chi connectivity index (χ2v) is 5.94. The number of hydrogen-bond donors (Lipinski definition) is 0. The Kier molecular flexibility index (Phi) is 10.2. The van der Waals surface area contributed by atoms with E-state index < -0.39 is 0 Å². The predicted octanol–water partition coefficient (Wildman–Crippen LogP) is 6.06. The van der Waals surface area contributed by atoms with E-state index >= 15 is 0 Å². The topological polar surface area (TPSA) is 0 Å². The van der Waals surface area contributed by atoms with Gasteiger partial charge in [-0.1, -0.05) is 86.0 Å². The second kappa shape index (κ2) is 10.2. The van der Waals surface area contributed by atoms with E-state index in [0.717, 1.165) is 17.8 Å². The Labute approximate surface area is 104 Å². The number of hydrogen-bond acceptors (Lipinski definition) is 0. The first-order valence-corrected chi connectivity index (χ1v) is 7.61. The highest BCUT2D eigenvalue weighted by Gasteiger charge is 2.12. The molecule has 0 heteroatoms. The van der Waals surface area contributed by atoms with Gasteiger partial charge in [-0.2, -0.15) is 0 Å². The first-order valence-electron chi connectivity index (χ1n) is 7.61. The molecular weight excluding hydrogens is 192 g/mol. The van der Waals surface area contributed by atoms with Gasteiger partial charge in [0.05, 0.1) is 0 Å². The third kappa shape index (κ3) is 8.19. The first-order chi connectivity index (χ1) is 7.61. The Morgan fingerprint density at radius 2 is 1.19 bits per heavy atom. The van der Waals surface area contributed by atoms with E-state index in [0.29, 0.717) is 0 Å². The van der Waals surface area contributed by atoms with Gasteiger partial charge in [-0.25, -0.2) is 0 Å². The Morgan fingerprint density at radius 3 is 1.62 bits per heavy atom. The molecule has 0 nitrogen and oxygen atoms in total. The van der Waals surface area contributed by atoms with Crippen molar-refractivity contribution < 1.29 is 0 Å². The van der Waals surface area contributed by atoms with Crippen LogP contribution in [0.5, 0.6) is 0 Å². The van der Waals surface area contributed by atoms with Crippen LogP contribution in [0.4, 0.5) is 0 Å². The summed E-state index contributed by atoms with van der Waals surface area (Å²) in [7, 11) is 0. The van der Waals surface area contributed by atoms with Crippen LogP contribution >= 0.6 is 0 Å². The van der Waals surface area contributed by atoms with E-state index in [1.54, 1.807) is 0 Å². The standard InChI is InChI=1S/C16H34/c1-6-16(7-2)15(5)13-11-9-8-10-12-14(3)4/h14-16H,6-13H2,1-5H3. The summed E-state index contributed by atoms with van der Waals surface area (Å²) in [6.45, 7) is 11.8. The third-order valence-corrected chi connectivity index (χ3v) is 4.04. The molecule has 98 valence electrons. The van der Waals surface area contributed by atoms with Gasteiger partial charge in [0.15, 0.2) is 0 Å². The first kappa shape index (κ1) is 16.0. The van der Waals surface area contributed by atoms with E-state index in [-0.39, 0.29) is 0 Å². The fourth-order valence-electron chi connectivity index (χ4n) is 2.70. The molecule has 0 aromatic heterocycles. The van der Waals surface area contributed by atoms with Gasteiger partial charge in [-0.3, -0.25) is 0 Å². The van der Waals surface area contributed by atoms with E-state index in [2.05, 4.69) is 34.6 Å². The zero-order chi connectivity index (χ0) is 12.4. The van der Waals surface area contributed by atoms with Gasteiger partial charge in [0.2, 0.25) is 0 Å². The van der Waals surface area contributed by atoms with Crippen molar-refractivity contribution in [1.29, 1.82) is 0 Å². The smallest absolute Gasteiger partial charge is 0.0394 e. The molecule has 0 rings (SSSR count). The van der Waals surface area contributed by atoms with Crippen molar-refractivity contribution in [1.82, 2.24) is 0 Å². The minimum atomic E-state index is 0.892. The molecule has 0 aliphatic heterocycles. The van der Waals surface area contributed by atoms with Crippen molar-refractivity contribution in [3.05, 3.63) is 0 Å². The van der Waals surface area contributed by atoms with Crippen molar-refractivity contribution >= 4 is 0 Å². The lowest BCUT2D eigenvalue weighted by molar-refractivity contribution is 0.309. The highest BCUT2D eigenvalue weighted by molar-refractivity contribution is 4.63. The maximum Gasteiger partial charge on any atom is -0.0394 e. The average molecular weight is 226 g/mol. The SMILES string of the molecule is CCC(CC)C(C)CCCCCCC(C)C. The fourth-order valence-corrected chi connectivity index (χ4v) is 2.70. The molecule has 0 aromatic rings. The molecule has 1 unspecified atom stereocenters. The molecule has 0 N–H and O–H groups in total. The van der Waals surface area contributed by atoms with E-state index in [1.807, 2.05) is 0 Å². The summed E-state index contributed by atoms with van der Waals surface area (Å²) in [6.07, 6.45) is 11.4. The van der Waals surface area contributed by atoms with Crippen molar-refractivity contribution in [2.24, 2.45) is 17.8 Å². The molecule has 0 spiro atoms. The van der Waals surface area contributed by atoms with Crippen LogP contribution in [0.3, 0.4) is 0 Å². The normalized spacial score (nSPS) is 13.7. The maximum atomic E-state index is 2.45. The van der Waals surface area contributed by atoms with Gasteiger partial charge in [0.1, 0.15) is 0 Å². The molecule has 0 bridgehead atoms. The average Bonchev–Trinajstić information content (AvgIpc) is 2.24. The van der Waals surface area contributed by atoms with Crippen molar-refractivity contribution in [2.75, 3.05) is 0 Å². The minimum absolute atomic E-state index is 0.892. The van der Waals surface area contributed by atoms with E-state index in [9.17, 15) is 0 Å². The Morgan fingerprint density at radius 1 is 0.688 bits per heavy atom. The number of rotatable bonds is 10. The Balaban J connectivity index is 3.36. The second-order valence-electron chi connectivity index (χ2n) is 5.94. The third-order valence-electron chi connectivity index (χ3n) is 4.04. The molecule has 0 aliphatic rings. The summed E-state index contributed by atoms with van der Waals surface area (Å²) in [4.78, 5) is 0. The highest BCUT2D eigenvalue weighted by atomic mass is 14.2. The zero-order valence-corrected chi connectivity index (χ0v) is 12.4. The zero-order valence-electron chi connectivity index (χ0n) is 12.4. The lowest BCUT2D eigenvalue weighted by atomic mass is 9.85. The van der Waals surface area contributed by atoms with Gasteiger partial charge in [0.25, 0.3) is 0 Å². The van der Waals surface area contributed by atoms with Gasteiger partial charge < -0.3 is 0 Å². The van der Waals surface area contributed by atoms with Crippen LogP contribution in [0.1, 0.15) is 86.0 Å². The van der Waals surface area contributed by atoms with Crippen LogP contribution in [0, 0.1) is 17.8 Å². The quantitative estimate of drug-likeness (QED) is 0.397. The molecule has 16 heavy (non-hydrogen) atoms. The van der Waals surface area contributed by atoms with Crippen molar-refractivity contribution in [2.45, 2.75) is 86.0 Å². The van der Waals surface area contributed by atoms with Gasteiger partial charge in [0, 0.05) is 0 Å². The van der Waals surface area contributed by atoms with Crippen LogP contribution in [-0.2, 0) is 0 Å². The monoisotopic (exact) mass is 226 g/mol. The lowest BCUT2D eigenvalue weighted by Crippen LogP contribution is -2.09. The lowest BCUT2D eigenvalue weighted by Gasteiger charge is -2.20. The predicted molar refractivity (Wildman–Crippen MR) is 75.8 cm³/mol. The van der Waals surface area contributed by atoms with Crippen LogP contribution in [0.15, 0.2) is 0 Å². The summed E-state index contributed by atoms with van der Waals surface area (Å²) in [5.74, 6) is 2.80. The Bertz CT molecular complexity index is 133. The van der Waals surface area contributed by atoms with Crippen molar-refractivity contribution in [3.63, 3.8) is 0 Å². The molecule has 1 atom stereocenters. The van der Waals surface area contributed by atoms with Crippen LogP contribution < -0.4 is 0 Å². The van der Waals surface area contributed by atoms with Crippen LogP contribution in [-0.4, -0.2) is 0 Å². The largest absolute Gasteiger partial charge is 0.0651 e. The summed E-state index contributed by atoms with van der Waals surface area (Å²) in [6, 6.07) is 0. The molecule has 0 radical (unpaired) electrons. The molecule has 0 amide bonds. The van der Waals surface area contributed by atoms with Gasteiger partial charge in [-0.15, -0.1) is 0 Å². The minimum Gasteiger partial charge on any atom is -0.0651 e.